The van der Waals surface area contributed by atoms with E-state index >= 15 is 0 Å². The Morgan fingerprint density at radius 3 is 2.76 bits per heavy atom. The van der Waals surface area contributed by atoms with Crippen molar-refractivity contribution in [1.29, 1.82) is 0 Å². The van der Waals surface area contributed by atoms with Gasteiger partial charge < -0.3 is 5.32 Å². The second-order valence-electron chi connectivity index (χ2n) is 4.34. The molecule has 0 bridgehead atoms. The predicted molar refractivity (Wildman–Crippen MR) is 82.6 cm³/mol. The van der Waals surface area contributed by atoms with Crippen LogP contribution in [0.15, 0.2) is 27.9 Å². The standard InChI is InChI=1S/C14H13FN2O2S2/c1-8-6-20-14(16-8)21-7-13(19)11-4-3-10(5-12(11)15)17-9(2)18/h3-6H,7H2,1-2H3,(H,17,18). The van der Waals surface area contributed by atoms with E-state index in [-0.39, 0.29) is 23.0 Å². The number of Topliss-reactive ketones (excluding diaryl/α,β-unsaturated/α-hetero) is 1. The molecule has 7 heteroatoms. The van der Waals surface area contributed by atoms with Gasteiger partial charge in [-0.1, -0.05) is 11.8 Å². The van der Waals surface area contributed by atoms with E-state index in [2.05, 4.69) is 10.3 Å². The molecule has 1 N–H and O–H groups in total. The molecule has 21 heavy (non-hydrogen) atoms. The number of thiazole rings is 1. The van der Waals surface area contributed by atoms with Crippen molar-refractivity contribution in [2.75, 3.05) is 11.1 Å². The smallest absolute Gasteiger partial charge is 0.221 e. The molecule has 0 saturated carbocycles. The first-order valence-electron chi connectivity index (χ1n) is 6.11. The van der Waals surface area contributed by atoms with Gasteiger partial charge in [0.2, 0.25) is 5.91 Å². The first-order valence-corrected chi connectivity index (χ1v) is 7.97. The van der Waals surface area contributed by atoms with Crippen LogP contribution in [0.5, 0.6) is 0 Å². The van der Waals surface area contributed by atoms with Crippen molar-refractivity contribution in [3.63, 3.8) is 0 Å². The number of rotatable bonds is 5. The highest BCUT2D eigenvalue weighted by Crippen LogP contribution is 2.24. The molecule has 0 atom stereocenters. The van der Waals surface area contributed by atoms with Crippen molar-refractivity contribution in [2.45, 2.75) is 18.2 Å². The maximum Gasteiger partial charge on any atom is 0.221 e. The molecule has 1 heterocycles. The van der Waals surface area contributed by atoms with Gasteiger partial charge >= 0.3 is 0 Å². The minimum atomic E-state index is -0.637. The van der Waals surface area contributed by atoms with Crippen LogP contribution in [0.4, 0.5) is 10.1 Å². The average Bonchev–Trinajstić information content (AvgIpc) is 2.81. The molecule has 1 aromatic carbocycles. The number of hydrogen-bond donors (Lipinski definition) is 1. The molecule has 110 valence electrons. The Hall–Kier alpha value is -1.73. The minimum Gasteiger partial charge on any atom is -0.326 e. The maximum absolute atomic E-state index is 13.9. The molecule has 2 rings (SSSR count). The molecule has 0 unspecified atom stereocenters. The summed E-state index contributed by atoms with van der Waals surface area (Å²) in [5.41, 5.74) is 1.26. The van der Waals surface area contributed by atoms with E-state index in [4.69, 9.17) is 0 Å². The van der Waals surface area contributed by atoms with Gasteiger partial charge in [0, 0.05) is 23.7 Å². The molecule has 4 nitrogen and oxygen atoms in total. The van der Waals surface area contributed by atoms with E-state index < -0.39 is 5.82 Å². The SMILES string of the molecule is CC(=O)Nc1ccc(C(=O)CSc2nc(C)cs2)c(F)c1. The number of anilines is 1. The monoisotopic (exact) mass is 324 g/mol. The van der Waals surface area contributed by atoms with E-state index in [1.165, 1.54) is 42.2 Å². The molecule has 0 spiro atoms. The van der Waals surface area contributed by atoms with E-state index in [0.29, 0.717) is 5.69 Å². The van der Waals surface area contributed by atoms with Gasteiger partial charge in [-0.2, -0.15) is 0 Å². The Morgan fingerprint density at radius 2 is 2.19 bits per heavy atom. The number of nitrogens with one attached hydrogen (secondary N) is 1. The zero-order valence-corrected chi connectivity index (χ0v) is 13.1. The molecule has 0 radical (unpaired) electrons. The second-order valence-corrected chi connectivity index (χ2v) is 6.42. The molecule has 2 aromatic rings. The number of aromatic nitrogens is 1. The third-order valence-corrected chi connectivity index (χ3v) is 4.65. The van der Waals surface area contributed by atoms with Crippen LogP contribution in [0.1, 0.15) is 23.0 Å². The third kappa shape index (κ3) is 4.37. The Balaban J connectivity index is 2.03. The summed E-state index contributed by atoms with van der Waals surface area (Å²) < 4.78 is 14.7. The number of carbonyl (C=O) groups is 2. The summed E-state index contributed by atoms with van der Waals surface area (Å²) in [6.07, 6.45) is 0. The van der Waals surface area contributed by atoms with E-state index in [1.807, 2.05) is 12.3 Å². The number of amides is 1. The van der Waals surface area contributed by atoms with E-state index in [1.54, 1.807) is 0 Å². The maximum atomic E-state index is 13.9. The Labute approximate surface area is 129 Å². The Morgan fingerprint density at radius 1 is 1.43 bits per heavy atom. The molecule has 0 aliphatic rings. The molecule has 0 saturated heterocycles. The van der Waals surface area contributed by atoms with Crippen LogP contribution >= 0.6 is 23.1 Å². The third-order valence-electron chi connectivity index (χ3n) is 2.51. The number of thioether (sulfide) groups is 1. The Kier molecular flexibility index (Phi) is 5.08. The van der Waals surface area contributed by atoms with Gasteiger partial charge in [0.1, 0.15) is 5.82 Å². The number of halogens is 1. The van der Waals surface area contributed by atoms with Gasteiger partial charge in [0.25, 0.3) is 0 Å². The topological polar surface area (TPSA) is 59.1 Å². The van der Waals surface area contributed by atoms with Crippen LogP contribution in [-0.4, -0.2) is 22.4 Å². The van der Waals surface area contributed by atoms with Gasteiger partial charge in [-0.15, -0.1) is 11.3 Å². The molecule has 0 fully saturated rings. The van der Waals surface area contributed by atoms with E-state index in [9.17, 15) is 14.0 Å². The van der Waals surface area contributed by atoms with Crippen molar-refractivity contribution < 1.29 is 14.0 Å². The van der Waals surface area contributed by atoms with Crippen molar-refractivity contribution in [3.8, 4) is 0 Å². The quantitative estimate of drug-likeness (QED) is 0.675. The lowest BCUT2D eigenvalue weighted by Gasteiger charge is -2.05. The molecular formula is C14H13FN2O2S2. The van der Waals surface area contributed by atoms with Gasteiger partial charge in [-0.05, 0) is 25.1 Å². The molecular weight excluding hydrogens is 311 g/mol. The number of nitrogens with zero attached hydrogens (tertiary/aromatic N) is 1. The van der Waals surface area contributed by atoms with Crippen LogP contribution < -0.4 is 5.32 Å². The van der Waals surface area contributed by atoms with E-state index in [0.717, 1.165) is 16.1 Å². The molecule has 0 aliphatic carbocycles. The fraction of sp³-hybridized carbons (Fsp3) is 0.214. The lowest BCUT2D eigenvalue weighted by atomic mass is 10.1. The fourth-order valence-electron chi connectivity index (χ4n) is 1.63. The van der Waals surface area contributed by atoms with Gasteiger partial charge in [0.05, 0.1) is 11.3 Å². The summed E-state index contributed by atoms with van der Waals surface area (Å²) in [6.45, 7) is 3.21. The second kappa shape index (κ2) is 6.82. The number of carbonyl (C=O) groups excluding carboxylic acids is 2. The Bertz CT molecular complexity index is 685. The lowest BCUT2D eigenvalue weighted by molar-refractivity contribution is -0.114. The van der Waals surface area contributed by atoms with Crippen LogP contribution in [0.3, 0.4) is 0 Å². The first kappa shape index (κ1) is 15.7. The summed E-state index contributed by atoms with van der Waals surface area (Å²) in [7, 11) is 0. The van der Waals surface area contributed by atoms with Gasteiger partial charge in [-0.25, -0.2) is 9.37 Å². The van der Waals surface area contributed by atoms with Crippen LogP contribution in [0.2, 0.25) is 0 Å². The largest absolute Gasteiger partial charge is 0.326 e. The van der Waals surface area contributed by atoms with Crippen molar-refractivity contribution >= 4 is 40.5 Å². The molecule has 1 aromatic heterocycles. The van der Waals surface area contributed by atoms with Crippen molar-refractivity contribution in [2.24, 2.45) is 0 Å². The zero-order chi connectivity index (χ0) is 15.4. The lowest BCUT2D eigenvalue weighted by Crippen LogP contribution is -2.09. The summed E-state index contributed by atoms with van der Waals surface area (Å²) in [5.74, 6) is -1.10. The summed E-state index contributed by atoms with van der Waals surface area (Å²) >= 11 is 2.75. The highest BCUT2D eigenvalue weighted by atomic mass is 32.2. The summed E-state index contributed by atoms with van der Waals surface area (Å²) in [6, 6.07) is 4.04. The number of ketones is 1. The van der Waals surface area contributed by atoms with Crippen LogP contribution in [0, 0.1) is 12.7 Å². The normalized spacial score (nSPS) is 10.4. The molecule has 1 amide bonds. The van der Waals surface area contributed by atoms with Crippen molar-refractivity contribution in [1.82, 2.24) is 4.98 Å². The fourth-order valence-corrected chi connectivity index (χ4v) is 3.36. The predicted octanol–water partition coefficient (Wildman–Crippen LogP) is 3.52. The van der Waals surface area contributed by atoms with Gasteiger partial charge in [0.15, 0.2) is 10.1 Å². The number of hydrogen-bond acceptors (Lipinski definition) is 5. The zero-order valence-electron chi connectivity index (χ0n) is 11.5. The summed E-state index contributed by atoms with van der Waals surface area (Å²) in [5, 5.41) is 4.37. The van der Waals surface area contributed by atoms with Crippen LogP contribution in [0.25, 0.3) is 0 Å². The highest BCUT2D eigenvalue weighted by Gasteiger charge is 2.14. The number of benzene rings is 1. The average molecular weight is 324 g/mol. The summed E-state index contributed by atoms with van der Waals surface area (Å²) in [4.78, 5) is 27.1. The number of aryl methyl sites for hydroxylation is 1. The highest BCUT2D eigenvalue weighted by molar-refractivity contribution is 8.01. The molecule has 0 aliphatic heterocycles. The minimum absolute atomic E-state index is 0.0184. The van der Waals surface area contributed by atoms with Crippen LogP contribution in [-0.2, 0) is 4.79 Å². The van der Waals surface area contributed by atoms with Gasteiger partial charge in [-0.3, -0.25) is 9.59 Å². The first-order chi connectivity index (χ1) is 9.95. The van der Waals surface area contributed by atoms with Crippen molar-refractivity contribution in [3.05, 3.63) is 40.7 Å².